The average molecular weight is 455 g/mol. The van der Waals surface area contributed by atoms with Crippen LogP contribution in [0.2, 0.25) is 0 Å². The maximum absolute atomic E-state index is 12.8. The Morgan fingerprint density at radius 1 is 0.781 bits per heavy atom. The normalized spacial score (nSPS) is 17.5. The van der Waals surface area contributed by atoms with Crippen LogP contribution < -0.4 is 0 Å². The molecule has 8 heteroatoms. The second-order valence-corrected chi connectivity index (χ2v) is 9.22. The Bertz CT molecular complexity index is 929. The van der Waals surface area contributed by atoms with E-state index in [9.17, 15) is 14.4 Å². The summed E-state index contributed by atoms with van der Waals surface area (Å²) in [5.74, 6) is 0.213. The highest BCUT2D eigenvalue weighted by Gasteiger charge is 2.28. The van der Waals surface area contributed by atoms with Gasteiger partial charge in [-0.1, -0.05) is 25.1 Å². The van der Waals surface area contributed by atoms with Gasteiger partial charge in [0.15, 0.2) is 0 Å². The molecule has 7 nitrogen and oxygen atoms in total. The number of nitrogens with zero attached hydrogens (tertiary/aromatic N) is 4. The Balaban J connectivity index is 1.21. The summed E-state index contributed by atoms with van der Waals surface area (Å²) in [4.78, 5) is 46.4. The summed E-state index contributed by atoms with van der Waals surface area (Å²) in [5.41, 5.74) is 1.95. The van der Waals surface area contributed by atoms with Crippen LogP contribution in [0.1, 0.15) is 32.5 Å². The predicted octanol–water partition coefficient (Wildman–Crippen LogP) is 2.05. The van der Waals surface area contributed by atoms with Crippen LogP contribution >= 0.6 is 11.3 Å². The molecule has 2 aliphatic heterocycles. The molecule has 0 aliphatic carbocycles. The lowest BCUT2D eigenvalue weighted by Gasteiger charge is -2.38. The number of hydrogen-bond donors (Lipinski definition) is 0. The molecule has 1 aromatic carbocycles. The van der Waals surface area contributed by atoms with Crippen LogP contribution in [0.4, 0.5) is 0 Å². The van der Waals surface area contributed by atoms with Gasteiger partial charge in [-0.25, -0.2) is 0 Å². The van der Waals surface area contributed by atoms with E-state index >= 15 is 0 Å². The van der Waals surface area contributed by atoms with Crippen molar-refractivity contribution < 1.29 is 14.4 Å². The Kier molecular flexibility index (Phi) is 7.22. The van der Waals surface area contributed by atoms with Crippen molar-refractivity contribution in [1.82, 2.24) is 19.6 Å². The van der Waals surface area contributed by atoms with E-state index in [1.54, 1.807) is 0 Å². The molecule has 170 valence electrons. The third kappa shape index (κ3) is 5.19. The molecule has 0 N–H and O–H groups in total. The zero-order valence-electron chi connectivity index (χ0n) is 18.5. The number of hydrogen-bond acceptors (Lipinski definition) is 5. The average Bonchev–Trinajstić information content (AvgIpc) is 3.39. The summed E-state index contributed by atoms with van der Waals surface area (Å²) in [6.07, 6.45) is 0.959. The first-order chi connectivity index (χ1) is 15.5. The van der Waals surface area contributed by atoms with Crippen LogP contribution in [-0.4, -0.2) is 96.2 Å². The van der Waals surface area contributed by atoms with Gasteiger partial charge in [0, 0.05) is 57.9 Å². The Morgan fingerprint density at radius 2 is 1.38 bits per heavy atom. The smallest absolute Gasteiger partial charge is 0.264 e. The first kappa shape index (κ1) is 22.5. The standard InChI is InChI=1S/C24H30N4O3S/c1-2-19-5-7-20(8-6-19)23(30)27-11-9-25(10-12-27)18-22(29)26-13-15-28(16-14-26)24(31)21-4-3-17-32-21/h3-8,17H,2,9-16,18H2,1H3. The van der Waals surface area contributed by atoms with Gasteiger partial charge in [0.25, 0.3) is 11.8 Å². The number of benzene rings is 1. The molecular weight excluding hydrogens is 424 g/mol. The fourth-order valence-corrected chi connectivity index (χ4v) is 4.87. The quantitative estimate of drug-likeness (QED) is 0.694. The van der Waals surface area contributed by atoms with E-state index < -0.39 is 0 Å². The Hall–Kier alpha value is -2.71. The van der Waals surface area contributed by atoms with E-state index in [2.05, 4.69) is 11.8 Å². The fourth-order valence-electron chi connectivity index (χ4n) is 4.18. The summed E-state index contributed by atoms with van der Waals surface area (Å²) in [6, 6.07) is 11.5. The SMILES string of the molecule is CCc1ccc(C(=O)N2CCN(CC(=O)N3CCN(C(=O)c4cccs4)CC3)CC2)cc1. The lowest BCUT2D eigenvalue weighted by Crippen LogP contribution is -2.55. The van der Waals surface area contributed by atoms with Crippen LogP contribution in [0, 0.1) is 0 Å². The van der Waals surface area contributed by atoms with Crippen LogP contribution in [0.15, 0.2) is 41.8 Å². The molecule has 0 bridgehead atoms. The van der Waals surface area contributed by atoms with Crippen molar-refractivity contribution in [3.63, 3.8) is 0 Å². The fraction of sp³-hybridized carbons (Fsp3) is 0.458. The van der Waals surface area contributed by atoms with Crippen molar-refractivity contribution in [2.24, 2.45) is 0 Å². The third-order valence-corrected chi connectivity index (χ3v) is 7.14. The predicted molar refractivity (Wildman–Crippen MR) is 125 cm³/mol. The Labute approximate surface area is 193 Å². The molecule has 2 aromatic rings. The molecule has 3 heterocycles. The van der Waals surface area contributed by atoms with Gasteiger partial charge in [-0.05, 0) is 35.6 Å². The number of rotatable bonds is 5. The van der Waals surface area contributed by atoms with Crippen molar-refractivity contribution in [1.29, 1.82) is 0 Å². The molecule has 32 heavy (non-hydrogen) atoms. The zero-order valence-corrected chi connectivity index (χ0v) is 19.4. The van der Waals surface area contributed by atoms with Gasteiger partial charge < -0.3 is 14.7 Å². The number of aryl methyl sites for hydroxylation is 1. The molecule has 2 aliphatic rings. The minimum atomic E-state index is 0.0530. The molecule has 0 atom stereocenters. The van der Waals surface area contributed by atoms with Gasteiger partial charge >= 0.3 is 0 Å². The first-order valence-electron chi connectivity index (χ1n) is 11.3. The topological polar surface area (TPSA) is 64.2 Å². The van der Waals surface area contributed by atoms with E-state index in [0.717, 1.165) is 16.9 Å². The molecule has 2 saturated heterocycles. The molecule has 1 aromatic heterocycles. The maximum Gasteiger partial charge on any atom is 0.264 e. The van der Waals surface area contributed by atoms with Crippen LogP contribution in [0.5, 0.6) is 0 Å². The Morgan fingerprint density at radius 3 is 1.97 bits per heavy atom. The molecule has 4 rings (SSSR count). The minimum Gasteiger partial charge on any atom is -0.338 e. The van der Waals surface area contributed by atoms with Crippen LogP contribution in [0.3, 0.4) is 0 Å². The largest absolute Gasteiger partial charge is 0.338 e. The minimum absolute atomic E-state index is 0.0530. The third-order valence-electron chi connectivity index (χ3n) is 6.28. The molecular formula is C24H30N4O3S. The van der Waals surface area contributed by atoms with Crippen molar-refractivity contribution >= 4 is 29.1 Å². The van der Waals surface area contributed by atoms with Gasteiger partial charge in [0.1, 0.15) is 0 Å². The van der Waals surface area contributed by atoms with E-state index in [1.807, 2.05) is 56.5 Å². The molecule has 3 amide bonds. The van der Waals surface area contributed by atoms with E-state index in [-0.39, 0.29) is 17.7 Å². The second kappa shape index (κ2) is 10.3. The summed E-state index contributed by atoms with van der Waals surface area (Å²) >= 11 is 1.45. The van der Waals surface area contributed by atoms with Gasteiger partial charge in [0.05, 0.1) is 11.4 Å². The van der Waals surface area contributed by atoms with E-state index in [0.29, 0.717) is 58.9 Å². The first-order valence-corrected chi connectivity index (χ1v) is 12.1. The lowest BCUT2D eigenvalue weighted by molar-refractivity contribution is -0.134. The molecule has 0 radical (unpaired) electrons. The van der Waals surface area contributed by atoms with Crippen molar-refractivity contribution in [2.75, 3.05) is 58.9 Å². The monoisotopic (exact) mass is 454 g/mol. The summed E-state index contributed by atoms with van der Waals surface area (Å²) in [5, 5.41) is 1.91. The number of carbonyl (C=O) groups excluding carboxylic acids is 3. The summed E-state index contributed by atoms with van der Waals surface area (Å²) in [6.45, 7) is 7.40. The number of thiophene rings is 1. The molecule has 0 spiro atoms. The van der Waals surface area contributed by atoms with Crippen molar-refractivity contribution in [3.8, 4) is 0 Å². The molecule has 0 saturated carbocycles. The second-order valence-electron chi connectivity index (χ2n) is 8.27. The number of amides is 3. The summed E-state index contributed by atoms with van der Waals surface area (Å²) < 4.78 is 0. The van der Waals surface area contributed by atoms with Crippen LogP contribution in [-0.2, 0) is 11.2 Å². The lowest BCUT2D eigenvalue weighted by atomic mass is 10.1. The van der Waals surface area contributed by atoms with E-state index in [4.69, 9.17) is 0 Å². The van der Waals surface area contributed by atoms with Gasteiger partial charge in [0.2, 0.25) is 5.91 Å². The molecule has 2 fully saturated rings. The summed E-state index contributed by atoms with van der Waals surface area (Å²) in [7, 11) is 0. The van der Waals surface area contributed by atoms with Gasteiger partial charge in [-0.2, -0.15) is 0 Å². The van der Waals surface area contributed by atoms with Crippen LogP contribution in [0.25, 0.3) is 0 Å². The highest BCUT2D eigenvalue weighted by atomic mass is 32.1. The highest BCUT2D eigenvalue weighted by molar-refractivity contribution is 7.12. The van der Waals surface area contributed by atoms with Gasteiger partial charge in [-0.15, -0.1) is 11.3 Å². The highest BCUT2D eigenvalue weighted by Crippen LogP contribution is 2.15. The zero-order chi connectivity index (χ0) is 22.5. The van der Waals surface area contributed by atoms with E-state index in [1.165, 1.54) is 16.9 Å². The number of piperazine rings is 2. The van der Waals surface area contributed by atoms with Gasteiger partial charge in [-0.3, -0.25) is 19.3 Å². The number of carbonyl (C=O) groups is 3. The maximum atomic E-state index is 12.8. The van der Waals surface area contributed by atoms with Crippen molar-refractivity contribution in [3.05, 3.63) is 57.8 Å². The molecule has 0 unspecified atom stereocenters. The van der Waals surface area contributed by atoms with Crippen molar-refractivity contribution in [2.45, 2.75) is 13.3 Å².